The lowest BCUT2D eigenvalue weighted by molar-refractivity contribution is -0.142. The highest BCUT2D eigenvalue weighted by Gasteiger charge is 2.34. The van der Waals surface area contributed by atoms with Gasteiger partial charge in [-0.2, -0.15) is 0 Å². The van der Waals surface area contributed by atoms with Gasteiger partial charge < -0.3 is 28.6 Å². The Bertz CT molecular complexity index is 940. The van der Waals surface area contributed by atoms with Crippen molar-refractivity contribution in [2.45, 2.75) is 25.4 Å². The van der Waals surface area contributed by atoms with Gasteiger partial charge in [0.25, 0.3) is 5.91 Å². The van der Waals surface area contributed by atoms with Crippen LogP contribution in [0.1, 0.15) is 28.8 Å². The second kappa shape index (κ2) is 10.1. The van der Waals surface area contributed by atoms with Gasteiger partial charge in [0.15, 0.2) is 18.1 Å². The van der Waals surface area contributed by atoms with Crippen LogP contribution in [0, 0.1) is 0 Å². The van der Waals surface area contributed by atoms with E-state index >= 15 is 0 Å². The first-order valence-corrected chi connectivity index (χ1v) is 9.90. The maximum Gasteiger partial charge on any atom is 0.343 e. The van der Waals surface area contributed by atoms with Crippen molar-refractivity contribution < 1.29 is 33.3 Å². The summed E-state index contributed by atoms with van der Waals surface area (Å²) < 4.78 is 26.2. The van der Waals surface area contributed by atoms with Gasteiger partial charge in [-0.1, -0.05) is 0 Å². The van der Waals surface area contributed by atoms with Gasteiger partial charge in [0.05, 0.1) is 35.0 Å². The Morgan fingerprint density at radius 3 is 2.23 bits per heavy atom. The summed E-state index contributed by atoms with van der Waals surface area (Å²) in [6, 6.07) is 10.6. The van der Waals surface area contributed by atoms with Gasteiger partial charge in [-0.25, -0.2) is 4.79 Å². The molecule has 1 fully saturated rings. The molecule has 0 heterocycles. The van der Waals surface area contributed by atoms with Gasteiger partial charge in [0, 0.05) is 17.2 Å². The smallest absolute Gasteiger partial charge is 0.343 e. The molecular weight excluding hydrogens is 402 g/mol. The number of hydrogen-bond donors (Lipinski definition) is 0. The van der Waals surface area contributed by atoms with Crippen LogP contribution in [0.3, 0.4) is 0 Å². The molecule has 0 saturated heterocycles. The zero-order valence-corrected chi connectivity index (χ0v) is 18.2. The van der Waals surface area contributed by atoms with Gasteiger partial charge in [0.2, 0.25) is 0 Å². The first-order chi connectivity index (χ1) is 15.0. The quantitative estimate of drug-likeness (QED) is 0.537. The average molecular weight is 429 g/mol. The highest BCUT2D eigenvalue weighted by Crippen LogP contribution is 2.35. The van der Waals surface area contributed by atoms with Crippen molar-refractivity contribution in [1.29, 1.82) is 0 Å². The van der Waals surface area contributed by atoms with Crippen LogP contribution >= 0.6 is 0 Å². The summed E-state index contributed by atoms with van der Waals surface area (Å²) in [5, 5.41) is 0. The molecule has 0 aliphatic heterocycles. The summed E-state index contributed by atoms with van der Waals surface area (Å²) in [6.45, 7) is 0.103. The number of amides is 1. The molecule has 0 radical (unpaired) electrons. The van der Waals surface area contributed by atoms with E-state index in [1.807, 2.05) is 23.1 Å². The van der Waals surface area contributed by atoms with Gasteiger partial charge in [0.1, 0.15) is 11.5 Å². The monoisotopic (exact) mass is 429 g/mol. The number of rotatable bonds is 10. The molecule has 0 bridgehead atoms. The minimum atomic E-state index is -0.525. The summed E-state index contributed by atoms with van der Waals surface area (Å²) in [4.78, 5) is 26.7. The summed E-state index contributed by atoms with van der Waals surface area (Å²) >= 11 is 0. The standard InChI is InChI=1S/C23H27NO7/c1-27-18-8-10-19(28-2)16(11-18)13-24(17-6-7-17)23(26)15-5-9-20(29-3)21(12-15)31-14-22(25)30-4/h5,8-12,17H,6-7,13-14H2,1-4H3. The minimum absolute atomic E-state index is 0.141. The van der Waals surface area contributed by atoms with Gasteiger partial charge in [-0.05, 0) is 49.2 Å². The van der Waals surface area contributed by atoms with Crippen molar-refractivity contribution in [2.75, 3.05) is 35.0 Å². The molecule has 1 saturated carbocycles. The number of methoxy groups -OCH3 is 4. The van der Waals surface area contributed by atoms with E-state index in [-0.39, 0.29) is 18.6 Å². The number of esters is 1. The number of benzene rings is 2. The van der Waals surface area contributed by atoms with E-state index in [0.717, 1.165) is 18.4 Å². The van der Waals surface area contributed by atoms with Crippen molar-refractivity contribution in [3.8, 4) is 23.0 Å². The van der Waals surface area contributed by atoms with Gasteiger partial charge in [-0.3, -0.25) is 4.79 Å². The van der Waals surface area contributed by atoms with Crippen LogP contribution < -0.4 is 18.9 Å². The lowest BCUT2D eigenvalue weighted by atomic mass is 10.1. The molecule has 0 spiro atoms. The Labute approximate surface area is 181 Å². The largest absolute Gasteiger partial charge is 0.497 e. The van der Waals surface area contributed by atoms with E-state index in [9.17, 15) is 9.59 Å². The fourth-order valence-electron chi connectivity index (χ4n) is 3.23. The number of hydrogen-bond acceptors (Lipinski definition) is 7. The number of carbonyl (C=O) groups is 2. The SMILES string of the molecule is COC(=O)COc1cc(C(=O)N(Cc2cc(OC)ccc2OC)C2CC2)ccc1OC. The lowest BCUT2D eigenvalue weighted by Crippen LogP contribution is -2.32. The molecule has 0 N–H and O–H groups in total. The van der Waals surface area contributed by atoms with Crippen molar-refractivity contribution in [1.82, 2.24) is 4.90 Å². The molecule has 0 unspecified atom stereocenters. The third kappa shape index (κ3) is 5.39. The minimum Gasteiger partial charge on any atom is -0.497 e. The lowest BCUT2D eigenvalue weighted by Gasteiger charge is -2.24. The molecule has 31 heavy (non-hydrogen) atoms. The summed E-state index contributed by atoms with van der Waals surface area (Å²) in [5.74, 6) is 1.45. The van der Waals surface area contributed by atoms with E-state index in [4.69, 9.17) is 18.9 Å². The molecule has 0 atom stereocenters. The van der Waals surface area contributed by atoms with E-state index in [1.165, 1.54) is 14.2 Å². The highest BCUT2D eigenvalue weighted by molar-refractivity contribution is 5.95. The van der Waals surface area contributed by atoms with Crippen molar-refractivity contribution >= 4 is 11.9 Å². The van der Waals surface area contributed by atoms with Crippen LogP contribution in [0.4, 0.5) is 0 Å². The predicted molar refractivity (Wildman–Crippen MR) is 113 cm³/mol. The highest BCUT2D eigenvalue weighted by atomic mass is 16.6. The van der Waals surface area contributed by atoms with Crippen LogP contribution in [0.15, 0.2) is 36.4 Å². The fourth-order valence-corrected chi connectivity index (χ4v) is 3.23. The van der Waals surface area contributed by atoms with E-state index in [0.29, 0.717) is 35.1 Å². The average Bonchev–Trinajstić information content (AvgIpc) is 3.65. The van der Waals surface area contributed by atoms with Crippen molar-refractivity contribution in [2.24, 2.45) is 0 Å². The summed E-state index contributed by atoms with van der Waals surface area (Å²) in [5.41, 5.74) is 1.30. The van der Waals surface area contributed by atoms with Gasteiger partial charge in [-0.15, -0.1) is 0 Å². The normalized spacial score (nSPS) is 12.6. The molecule has 2 aromatic carbocycles. The Balaban J connectivity index is 1.86. The van der Waals surface area contributed by atoms with Gasteiger partial charge >= 0.3 is 5.97 Å². The zero-order valence-electron chi connectivity index (χ0n) is 18.2. The molecule has 0 aromatic heterocycles. The summed E-state index contributed by atoms with van der Waals surface area (Å²) in [7, 11) is 5.97. The molecule has 1 aliphatic carbocycles. The topological polar surface area (TPSA) is 83.5 Å². The molecule has 1 amide bonds. The molecule has 8 nitrogen and oxygen atoms in total. The molecule has 2 aromatic rings. The molecule has 1 aliphatic rings. The van der Waals surface area contributed by atoms with Crippen molar-refractivity contribution in [3.63, 3.8) is 0 Å². The second-order valence-electron chi connectivity index (χ2n) is 7.07. The first kappa shape index (κ1) is 22.3. The summed E-state index contributed by atoms with van der Waals surface area (Å²) in [6.07, 6.45) is 1.89. The van der Waals surface area contributed by atoms with E-state index in [1.54, 1.807) is 32.4 Å². The maximum absolute atomic E-state index is 13.4. The van der Waals surface area contributed by atoms with Crippen LogP contribution in [-0.4, -0.2) is 57.9 Å². The number of carbonyl (C=O) groups excluding carboxylic acids is 2. The Morgan fingerprint density at radius 1 is 0.903 bits per heavy atom. The number of ether oxygens (including phenoxy) is 5. The van der Waals surface area contributed by atoms with E-state index in [2.05, 4.69) is 4.74 Å². The Hall–Kier alpha value is -3.42. The van der Waals surface area contributed by atoms with Crippen LogP contribution in [0.2, 0.25) is 0 Å². The maximum atomic E-state index is 13.4. The number of nitrogens with zero attached hydrogens (tertiary/aromatic N) is 1. The molecule has 166 valence electrons. The van der Waals surface area contributed by atoms with Crippen LogP contribution in [-0.2, 0) is 16.1 Å². The Morgan fingerprint density at radius 2 is 1.61 bits per heavy atom. The third-order valence-corrected chi connectivity index (χ3v) is 5.06. The molecular formula is C23H27NO7. The van der Waals surface area contributed by atoms with E-state index < -0.39 is 5.97 Å². The Kier molecular flexibility index (Phi) is 7.23. The second-order valence-corrected chi connectivity index (χ2v) is 7.07. The predicted octanol–water partition coefficient (Wildman–Crippen LogP) is 3.07. The first-order valence-electron chi connectivity index (χ1n) is 9.90. The molecule has 8 heteroatoms. The van der Waals surface area contributed by atoms with Crippen molar-refractivity contribution in [3.05, 3.63) is 47.5 Å². The third-order valence-electron chi connectivity index (χ3n) is 5.06. The fraction of sp³-hybridized carbons (Fsp3) is 0.391. The van der Waals surface area contributed by atoms with Crippen LogP contribution in [0.5, 0.6) is 23.0 Å². The molecule has 3 rings (SSSR count). The van der Waals surface area contributed by atoms with Crippen LogP contribution in [0.25, 0.3) is 0 Å². The zero-order chi connectivity index (χ0) is 22.4.